The molecule has 3 aliphatic rings. The number of nitrogens with zero attached hydrogens (tertiary/aromatic N) is 1. The van der Waals surface area contributed by atoms with E-state index in [9.17, 15) is 14.7 Å². The van der Waals surface area contributed by atoms with Gasteiger partial charge >= 0.3 is 0 Å². The van der Waals surface area contributed by atoms with Gasteiger partial charge in [-0.25, -0.2) is 0 Å². The summed E-state index contributed by atoms with van der Waals surface area (Å²) in [6, 6.07) is -0.108. The number of piperidine rings is 1. The molecule has 3 rings (SSSR count). The second-order valence-electron chi connectivity index (χ2n) is 8.94. The Balaban J connectivity index is 1.30. The summed E-state index contributed by atoms with van der Waals surface area (Å²) in [4.78, 5) is 26.8. The van der Waals surface area contributed by atoms with E-state index in [0.717, 1.165) is 64.6 Å². The Morgan fingerprint density at radius 1 is 1.00 bits per heavy atom. The van der Waals surface area contributed by atoms with E-state index in [1.54, 1.807) is 0 Å². The molecule has 3 atom stereocenters. The lowest BCUT2D eigenvalue weighted by Crippen LogP contribution is -2.52. The predicted molar refractivity (Wildman–Crippen MR) is 111 cm³/mol. The van der Waals surface area contributed by atoms with E-state index in [1.807, 2.05) is 0 Å². The van der Waals surface area contributed by atoms with Gasteiger partial charge in [-0.3, -0.25) is 9.59 Å². The first-order valence-corrected chi connectivity index (χ1v) is 11.7. The van der Waals surface area contributed by atoms with Crippen molar-refractivity contribution in [1.82, 2.24) is 15.5 Å². The summed E-state index contributed by atoms with van der Waals surface area (Å²) < 4.78 is 6.02. The maximum Gasteiger partial charge on any atom is 0.223 e. The molecule has 0 unspecified atom stereocenters. The summed E-state index contributed by atoms with van der Waals surface area (Å²) in [6.45, 7) is 3.59. The Kier molecular flexibility index (Phi) is 9.21. The van der Waals surface area contributed by atoms with Gasteiger partial charge in [0.15, 0.2) is 0 Å². The first-order valence-electron chi connectivity index (χ1n) is 11.7. The lowest BCUT2D eigenvalue weighted by atomic mass is 9.96. The fourth-order valence-electron chi connectivity index (χ4n) is 4.90. The maximum absolute atomic E-state index is 12.4. The van der Waals surface area contributed by atoms with Crippen LogP contribution in [0, 0.1) is 5.92 Å². The van der Waals surface area contributed by atoms with Gasteiger partial charge in [0.1, 0.15) is 6.10 Å². The molecule has 3 N–H and O–H groups in total. The lowest BCUT2D eigenvalue weighted by Gasteiger charge is -2.36. The van der Waals surface area contributed by atoms with Crippen LogP contribution in [0.2, 0.25) is 0 Å². The predicted octanol–water partition coefficient (Wildman–Crippen LogP) is 1.58. The summed E-state index contributed by atoms with van der Waals surface area (Å²) in [5, 5.41) is 15.8. The third-order valence-electron chi connectivity index (χ3n) is 6.74. The number of amides is 2. The van der Waals surface area contributed by atoms with Crippen molar-refractivity contribution in [2.75, 3.05) is 32.8 Å². The Bertz CT molecular complexity index is 518. The molecular formula is C22H39N3O4. The number of likely N-dealkylation sites (tertiary alicyclic amines) is 1. The molecule has 2 amide bonds. The zero-order valence-corrected chi connectivity index (χ0v) is 17.7. The van der Waals surface area contributed by atoms with Crippen LogP contribution in [0.3, 0.4) is 0 Å². The van der Waals surface area contributed by atoms with Crippen LogP contribution < -0.4 is 10.6 Å². The molecule has 0 bridgehead atoms. The minimum atomic E-state index is -0.353. The Morgan fingerprint density at radius 2 is 1.76 bits per heavy atom. The molecule has 2 saturated heterocycles. The van der Waals surface area contributed by atoms with Gasteiger partial charge in [0.05, 0.1) is 18.8 Å². The van der Waals surface area contributed by atoms with Gasteiger partial charge in [-0.15, -0.1) is 0 Å². The second-order valence-corrected chi connectivity index (χ2v) is 8.94. The van der Waals surface area contributed by atoms with Gasteiger partial charge in [0.25, 0.3) is 0 Å². The second kappa shape index (κ2) is 11.9. The molecule has 7 heteroatoms. The number of hydrogen-bond donors (Lipinski definition) is 3. The van der Waals surface area contributed by atoms with Gasteiger partial charge < -0.3 is 25.4 Å². The average molecular weight is 410 g/mol. The highest BCUT2D eigenvalue weighted by atomic mass is 16.5. The summed E-state index contributed by atoms with van der Waals surface area (Å²) in [5.41, 5.74) is 0. The Hall–Kier alpha value is -1.18. The van der Waals surface area contributed by atoms with E-state index in [0.29, 0.717) is 13.0 Å². The van der Waals surface area contributed by atoms with Crippen LogP contribution in [0.25, 0.3) is 0 Å². The Labute approximate surface area is 174 Å². The van der Waals surface area contributed by atoms with E-state index in [4.69, 9.17) is 4.74 Å². The number of aliphatic hydroxyl groups is 1. The number of carbonyl (C=O) groups excluding carboxylic acids is 2. The molecule has 2 aliphatic heterocycles. The zero-order chi connectivity index (χ0) is 20.5. The fraction of sp³-hybridized carbons (Fsp3) is 0.909. The van der Waals surface area contributed by atoms with Crippen molar-refractivity contribution in [3.8, 4) is 0 Å². The molecule has 2 heterocycles. The molecule has 0 aromatic carbocycles. The topological polar surface area (TPSA) is 90.9 Å². The van der Waals surface area contributed by atoms with Gasteiger partial charge in [-0.05, 0) is 58.0 Å². The fourth-order valence-corrected chi connectivity index (χ4v) is 4.90. The molecular weight excluding hydrogens is 370 g/mol. The number of nitrogens with one attached hydrogen (secondary N) is 2. The van der Waals surface area contributed by atoms with E-state index in [-0.39, 0.29) is 42.6 Å². The molecule has 0 spiro atoms. The largest absolute Gasteiger partial charge is 0.394 e. The molecule has 7 nitrogen and oxygen atoms in total. The monoisotopic (exact) mass is 409 g/mol. The van der Waals surface area contributed by atoms with Crippen molar-refractivity contribution >= 4 is 11.8 Å². The molecule has 1 aliphatic carbocycles. The van der Waals surface area contributed by atoms with Crippen LogP contribution in [-0.4, -0.2) is 72.9 Å². The van der Waals surface area contributed by atoms with Crippen LogP contribution in [0.5, 0.6) is 0 Å². The van der Waals surface area contributed by atoms with Gasteiger partial charge in [0, 0.05) is 25.4 Å². The molecule has 0 aromatic heterocycles. The smallest absolute Gasteiger partial charge is 0.223 e. The quantitative estimate of drug-likeness (QED) is 0.538. The van der Waals surface area contributed by atoms with Crippen molar-refractivity contribution in [3.05, 3.63) is 0 Å². The SMILES string of the molecule is O=C(CCN1CCCCC1)NCC[C@@H]1CC[C@@H](NC(=O)C2CCCC2)[C@@H](CO)O1. The minimum Gasteiger partial charge on any atom is -0.394 e. The summed E-state index contributed by atoms with van der Waals surface area (Å²) in [6.07, 6.45) is 10.6. The number of carbonyl (C=O) groups is 2. The number of aliphatic hydroxyl groups excluding tert-OH is 1. The maximum atomic E-state index is 12.4. The normalized spacial score (nSPS) is 28.9. The summed E-state index contributed by atoms with van der Waals surface area (Å²) >= 11 is 0. The Morgan fingerprint density at radius 3 is 2.48 bits per heavy atom. The first kappa shape index (κ1) is 22.5. The van der Waals surface area contributed by atoms with E-state index in [2.05, 4.69) is 15.5 Å². The van der Waals surface area contributed by atoms with Crippen LogP contribution in [-0.2, 0) is 14.3 Å². The highest BCUT2D eigenvalue weighted by Gasteiger charge is 2.33. The molecule has 3 fully saturated rings. The van der Waals surface area contributed by atoms with Crippen molar-refractivity contribution in [3.63, 3.8) is 0 Å². The molecule has 0 radical (unpaired) electrons. The van der Waals surface area contributed by atoms with Crippen LogP contribution >= 0.6 is 0 Å². The minimum absolute atomic E-state index is 0.0224. The van der Waals surface area contributed by atoms with Crippen LogP contribution in [0.1, 0.15) is 70.6 Å². The molecule has 0 aromatic rings. The molecule has 166 valence electrons. The third-order valence-corrected chi connectivity index (χ3v) is 6.74. The molecule has 1 saturated carbocycles. The third kappa shape index (κ3) is 7.23. The van der Waals surface area contributed by atoms with Crippen molar-refractivity contribution < 1.29 is 19.4 Å². The van der Waals surface area contributed by atoms with Gasteiger partial charge in [0.2, 0.25) is 11.8 Å². The number of hydrogen-bond acceptors (Lipinski definition) is 5. The average Bonchev–Trinajstić information content (AvgIpc) is 3.29. The van der Waals surface area contributed by atoms with E-state index in [1.165, 1.54) is 19.3 Å². The van der Waals surface area contributed by atoms with E-state index >= 15 is 0 Å². The van der Waals surface area contributed by atoms with Crippen molar-refractivity contribution in [2.45, 2.75) is 88.9 Å². The van der Waals surface area contributed by atoms with Gasteiger partial charge in [-0.2, -0.15) is 0 Å². The summed E-state index contributed by atoms with van der Waals surface area (Å²) in [7, 11) is 0. The zero-order valence-electron chi connectivity index (χ0n) is 17.7. The highest BCUT2D eigenvalue weighted by molar-refractivity contribution is 5.79. The van der Waals surface area contributed by atoms with Crippen molar-refractivity contribution in [2.24, 2.45) is 5.92 Å². The highest BCUT2D eigenvalue weighted by Crippen LogP contribution is 2.26. The number of rotatable bonds is 9. The van der Waals surface area contributed by atoms with Crippen molar-refractivity contribution in [1.29, 1.82) is 0 Å². The molecule has 29 heavy (non-hydrogen) atoms. The van der Waals surface area contributed by atoms with Crippen LogP contribution in [0.4, 0.5) is 0 Å². The van der Waals surface area contributed by atoms with E-state index < -0.39 is 0 Å². The lowest BCUT2D eigenvalue weighted by molar-refractivity contribution is -0.132. The van der Waals surface area contributed by atoms with Gasteiger partial charge in [-0.1, -0.05) is 19.3 Å². The van der Waals surface area contributed by atoms with Crippen LogP contribution in [0.15, 0.2) is 0 Å². The first-order chi connectivity index (χ1) is 14.2. The number of ether oxygens (including phenoxy) is 1. The standard InChI is InChI=1S/C22H39N3O4/c26-16-20-19(24-22(28)17-6-2-3-7-17)9-8-18(29-20)10-12-23-21(27)11-15-25-13-4-1-5-14-25/h17-20,26H,1-16H2,(H,23,27)(H,24,28)/t18-,19+,20+/m0/s1. The summed E-state index contributed by atoms with van der Waals surface area (Å²) in [5.74, 6) is 0.355.